The highest BCUT2D eigenvalue weighted by Gasteiger charge is 2.49. The van der Waals surface area contributed by atoms with Gasteiger partial charge in [-0.1, -0.05) is 34.3 Å². The topological polar surface area (TPSA) is 37.4 Å². The lowest BCUT2D eigenvalue weighted by atomic mass is 9.78. The Bertz CT molecular complexity index is 629. The highest BCUT2D eigenvalue weighted by atomic mass is 35.5. The monoisotopic (exact) mass is 323 g/mol. The Kier molecular flexibility index (Phi) is 3.58. The van der Waals surface area contributed by atoms with Crippen molar-refractivity contribution in [2.24, 2.45) is 11.8 Å². The third kappa shape index (κ3) is 2.39. The van der Waals surface area contributed by atoms with Crippen LogP contribution in [-0.4, -0.2) is 11.8 Å². The van der Waals surface area contributed by atoms with Gasteiger partial charge in [0.1, 0.15) is 0 Å². The average molecular weight is 324 g/mol. The molecule has 1 aliphatic heterocycles. The van der Waals surface area contributed by atoms with Crippen LogP contribution in [0, 0.1) is 11.8 Å². The molecular formula is C16H15Cl2NO2. The molecule has 0 aromatic heterocycles. The molecule has 0 radical (unpaired) electrons. The number of fused-ring (bicyclic) bond motifs is 1. The highest BCUT2D eigenvalue weighted by Crippen LogP contribution is 2.42. The molecule has 0 spiro atoms. The Balaban J connectivity index is 2.00. The van der Waals surface area contributed by atoms with Gasteiger partial charge < -0.3 is 0 Å². The number of allylic oxidation sites excluding steroid dienone is 2. The van der Waals surface area contributed by atoms with Crippen LogP contribution in [0.1, 0.15) is 26.7 Å². The first-order valence-electron chi connectivity index (χ1n) is 6.87. The Hall–Kier alpha value is -1.32. The van der Waals surface area contributed by atoms with Gasteiger partial charge in [-0.3, -0.25) is 9.59 Å². The van der Waals surface area contributed by atoms with E-state index in [1.807, 2.05) is 13.8 Å². The second-order valence-corrected chi connectivity index (χ2v) is 6.69. The van der Waals surface area contributed by atoms with Crippen molar-refractivity contribution in [3.63, 3.8) is 0 Å². The van der Waals surface area contributed by atoms with Gasteiger partial charge in [0, 0.05) is 10.0 Å². The maximum absolute atomic E-state index is 12.6. The van der Waals surface area contributed by atoms with E-state index in [0.29, 0.717) is 28.6 Å². The highest BCUT2D eigenvalue weighted by molar-refractivity contribution is 6.35. The van der Waals surface area contributed by atoms with Gasteiger partial charge in [-0.15, -0.1) is 0 Å². The SMILES string of the molecule is CC1=C(C)C[C@H]2C(=O)N(c3cc(Cl)cc(Cl)c3)C(=O)[C@@H]2C1. The molecule has 1 aromatic rings. The van der Waals surface area contributed by atoms with Crippen LogP contribution in [0.2, 0.25) is 10.0 Å². The lowest BCUT2D eigenvalue weighted by Gasteiger charge is -2.23. The molecule has 1 saturated heterocycles. The Labute approximate surface area is 133 Å². The van der Waals surface area contributed by atoms with E-state index in [2.05, 4.69) is 0 Å². The first-order valence-corrected chi connectivity index (χ1v) is 7.63. The summed E-state index contributed by atoms with van der Waals surface area (Å²) >= 11 is 12.0. The second-order valence-electron chi connectivity index (χ2n) is 5.82. The molecule has 3 rings (SSSR count). The summed E-state index contributed by atoms with van der Waals surface area (Å²) in [4.78, 5) is 26.5. The Morgan fingerprint density at radius 1 is 0.905 bits per heavy atom. The minimum absolute atomic E-state index is 0.143. The lowest BCUT2D eigenvalue weighted by Crippen LogP contribution is -2.30. The number of carbonyl (C=O) groups is 2. The van der Waals surface area contributed by atoms with Gasteiger partial charge in [-0.2, -0.15) is 0 Å². The van der Waals surface area contributed by atoms with Gasteiger partial charge in [0.05, 0.1) is 17.5 Å². The molecule has 5 heteroatoms. The summed E-state index contributed by atoms with van der Waals surface area (Å²) < 4.78 is 0. The molecular weight excluding hydrogens is 309 g/mol. The van der Waals surface area contributed by atoms with E-state index in [0.717, 1.165) is 0 Å². The zero-order valence-corrected chi connectivity index (χ0v) is 13.3. The summed E-state index contributed by atoms with van der Waals surface area (Å²) in [5.41, 5.74) is 2.89. The van der Waals surface area contributed by atoms with Gasteiger partial charge in [0.2, 0.25) is 11.8 Å². The largest absolute Gasteiger partial charge is 0.274 e. The number of rotatable bonds is 1. The van der Waals surface area contributed by atoms with Crippen molar-refractivity contribution < 1.29 is 9.59 Å². The maximum atomic E-state index is 12.6. The van der Waals surface area contributed by atoms with E-state index in [1.54, 1.807) is 18.2 Å². The molecule has 0 bridgehead atoms. The molecule has 0 unspecified atom stereocenters. The van der Waals surface area contributed by atoms with E-state index in [1.165, 1.54) is 16.0 Å². The van der Waals surface area contributed by atoms with Crippen molar-refractivity contribution in [3.8, 4) is 0 Å². The van der Waals surface area contributed by atoms with E-state index in [4.69, 9.17) is 23.2 Å². The summed E-state index contributed by atoms with van der Waals surface area (Å²) in [5.74, 6) is -0.789. The van der Waals surface area contributed by atoms with Crippen LogP contribution in [0.4, 0.5) is 5.69 Å². The van der Waals surface area contributed by atoms with Gasteiger partial charge >= 0.3 is 0 Å². The number of nitrogens with zero attached hydrogens (tertiary/aromatic N) is 1. The lowest BCUT2D eigenvalue weighted by molar-refractivity contribution is -0.122. The van der Waals surface area contributed by atoms with Crippen LogP contribution in [0.15, 0.2) is 29.3 Å². The summed E-state index contributed by atoms with van der Waals surface area (Å²) in [6.07, 6.45) is 1.32. The standard InChI is InChI=1S/C16H15Cl2NO2/c1-8-3-13-14(4-9(8)2)16(21)19(15(13)20)12-6-10(17)5-11(18)7-12/h5-7,13-14H,3-4H2,1-2H3/t13-,14-/m1/s1. The van der Waals surface area contributed by atoms with Crippen LogP contribution >= 0.6 is 23.2 Å². The summed E-state index contributed by atoms with van der Waals surface area (Å²) in [6, 6.07) is 4.79. The van der Waals surface area contributed by atoms with Crippen molar-refractivity contribution in [2.75, 3.05) is 4.90 Å². The Morgan fingerprint density at radius 3 is 1.76 bits per heavy atom. The number of hydrogen-bond donors (Lipinski definition) is 0. The Morgan fingerprint density at radius 2 is 1.33 bits per heavy atom. The fraction of sp³-hybridized carbons (Fsp3) is 0.375. The minimum atomic E-state index is -0.251. The maximum Gasteiger partial charge on any atom is 0.238 e. The first-order chi connectivity index (χ1) is 9.88. The normalized spacial score (nSPS) is 25.6. The molecule has 2 atom stereocenters. The molecule has 3 nitrogen and oxygen atoms in total. The van der Waals surface area contributed by atoms with Crippen molar-refractivity contribution >= 4 is 40.7 Å². The molecule has 0 N–H and O–H groups in total. The van der Waals surface area contributed by atoms with Crippen LogP contribution in [-0.2, 0) is 9.59 Å². The molecule has 1 fully saturated rings. The van der Waals surface area contributed by atoms with Crippen molar-refractivity contribution in [2.45, 2.75) is 26.7 Å². The van der Waals surface area contributed by atoms with Crippen molar-refractivity contribution in [1.29, 1.82) is 0 Å². The smallest absolute Gasteiger partial charge is 0.238 e. The number of imide groups is 1. The molecule has 1 aliphatic carbocycles. The number of anilines is 1. The van der Waals surface area contributed by atoms with E-state index in [-0.39, 0.29) is 23.7 Å². The van der Waals surface area contributed by atoms with Crippen LogP contribution in [0.5, 0.6) is 0 Å². The zero-order chi connectivity index (χ0) is 15.3. The zero-order valence-electron chi connectivity index (χ0n) is 11.8. The van der Waals surface area contributed by atoms with Crippen LogP contribution < -0.4 is 4.90 Å². The molecule has 0 saturated carbocycles. The first kappa shape index (κ1) is 14.6. The number of hydrogen-bond acceptors (Lipinski definition) is 2. The quantitative estimate of drug-likeness (QED) is 0.573. The molecule has 2 aliphatic rings. The van der Waals surface area contributed by atoms with Crippen molar-refractivity contribution in [1.82, 2.24) is 0 Å². The van der Waals surface area contributed by atoms with Crippen LogP contribution in [0.25, 0.3) is 0 Å². The molecule has 21 heavy (non-hydrogen) atoms. The third-order valence-electron chi connectivity index (χ3n) is 4.45. The van der Waals surface area contributed by atoms with E-state index in [9.17, 15) is 9.59 Å². The van der Waals surface area contributed by atoms with Gasteiger partial charge in [0.25, 0.3) is 0 Å². The number of amides is 2. The van der Waals surface area contributed by atoms with Crippen LogP contribution in [0.3, 0.4) is 0 Å². The minimum Gasteiger partial charge on any atom is -0.274 e. The second kappa shape index (κ2) is 5.15. The number of benzene rings is 1. The number of carbonyl (C=O) groups excluding carboxylic acids is 2. The van der Waals surface area contributed by atoms with Gasteiger partial charge in [-0.25, -0.2) is 4.90 Å². The molecule has 1 aromatic carbocycles. The number of halogens is 2. The molecule has 110 valence electrons. The summed E-state index contributed by atoms with van der Waals surface area (Å²) in [6.45, 7) is 4.06. The molecule has 2 amide bonds. The molecule has 1 heterocycles. The fourth-order valence-electron chi connectivity index (χ4n) is 3.17. The van der Waals surface area contributed by atoms with E-state index < -0.39 is 0 Å². The summed E-state index contributed by atoms with van der Waals surface area (Å²) in [7, 11) is 0. The fourth-order valence-corrected chi connectivity index (χ4v) is 3.69. The van der Waals surface area contributed by atoms with Gasteiger partial charge in [0.15, 0.2) is 0 Å². The average Bonchev–Trinajstić information content (AvgIpc) is 2.62. The van der Waals surface area contributed by atoms with Gasteiger partial charge in [-0.05, 0) is 44.9 Å². The predicted molar refractivity (Wildman–Crippen MR) is 83.5 cm³/mol. The third-order valence-corrected chi connectivity index (χ3v) is 4.88. The van der Waals surface area contributed by atoms with Crippen molar-refractivity contribution in [3.05, 3.63) is 39.4 Å². The summed E-state index contributed by atoms with van der Waals surface area (Å²) in [5, 5.41) is 0.830. The van der Waals surface area contributed by atoms with E-state index >= 15 is 0 Å². The predicted octanol–water partition coefficient (Wildman–Crippen LogP) is 4.23.